The van der Waals surface area contributed by atoms with Gasteiger partial charge in [0.25, 0.3) is 0 Å². The van der Waals surface area contributed by atoms with Gasteiger partial charge in [-0.2, -0.15) is 0 Å². The largest absolute Gasteiger partial charge is 0.444 e. The van der Waals surface area contributed by atoms with Crippen LogP contribution in [0.2, 0.25) is 0 Å². The lowest BCUT2D eigenvalue weighted by atomic mass is 9.68. The van der Waals surface area contributed by atoms with Crippen LogP contribution in [0.1, 0.15) is 47.0 Å². The van der Waals surface area contributed by atoms with Crippen molar-refractivity contribution in [2.75, 3.05) is 19.8 Å². The number of nitrogens with zero attached hydrogens (tertiary/aromatic N) is 1. The highest BCUT2D eigenvalue weighted by Gasteiger charge is 2.43. The number of fused-ring (bicyclic) bond motifs is 1. The van der Waals surface area contributed by atoms with Gasteiger partial charge in [0.05, 0.1) is 13.2 Å². The maximum Gasteiger partial charge on any atom is 0.410 e. The third-order valence-corrected chi connectivity index (χ3v) is 5.21. The molecule has 3 rings (SSSR count). The molecule has 4 atom stereocenters. The molecule has 2 fully saturated rings. The van der Waals surface area contributed by atoms with Gasteiger partial charge in [-0.05, 0) is 45.4 Å². The minimum absolute atomic E-state index is 0.0775. The van der Waals surface area contributed by atoms with E-state index in [0.29, 0.717) is 37.5 Å². The molecule has 0 N–H and O–H groups in total. The molecule has 136 valence electrons. The Hall–Kier alpha value is -1.07. The second kappa shape index (κ2) is 7.04. The van der Waals surface area contributed by atoms with Crippen molar-refractivity contribution in [1.82, 2.24) is 4.90 Å². The van der Waals surface area contributed by atoms with Crippen LogP contribution in [0.3, 0.4) is 0 Å². The van der Waals surface area contributed by atoms with E-state index in [1.165, 1.54) is 0 Å². The molecule has 0 aromatic carbocycles. The molecular formula is C19H31NO4. The number of hydrogen-bond acceptors (Lipinski definition) is 4. The molecule has 1 amide bonds. The van der Waals surface area contributed by atoms with E-state index in [4.69, 9.17) is 14.2 Å². The monoisotopic (exact) mass is 337 g/mol. The Morgan fingerprint density at radius 3 is 2.62 bits per heavy atom. The van der Waals surface area contributed by atoms with Crippen molar-refractivity contribution < 1.29 is 19.0 Å². The van der Waals surface area contributed by atoms with Crippen molar-refractivity contribution in [3.63, 3.8) is 0 Å². The van der Waals surface area contributed by atoms with E-state index >= 15 is 0 Å². The van der Waals surface area contributed by atoms with E-state index in [1.54, 1.807) is 0 Å². The summed E-state index contributed by atoms with van der Waals surface area (Å²) in [7, 11) is 0. The predicted octanol–water partition coefficient (Wildman–Crippen LogP) is 3.59. The molecule has 0 unspecified atom stereocenters. The molecule has 0 aromatic heterocycles. The average molecular weight is 337 g/mol. The fourth-order valence-electron chi connectivity index (χ4n) is 4.32. The van der Waals surface area contributed by atoms with Crippen molar-refractivity contribution >= 4 is 6.09 Å². The first-order chi connectivity index (χ1) is 11.3. The van der Waals surface area contributed by atoms with Crippen LogP contribution in [0, 0.1) is 17.8 Å². The van der Waals surface area contributed by atoms with Crippen LogP contribution >= 0.6 is 0 Å². The van der Waals surface area contributed by atoms with Crippen molar-refractivity contribution in [1.29, 1.82) is 0 Å². The normalized spacial score (nSPS) is 34.2. The van der Waals surface area contributed by atoms with Crippen LogP contribution in [0.15, 0.2) is 12.2 Å². The number of carbonyl (C=O) groups is 1. The van der Waals surface area contributed by atoms with Gasteiger partial charge in [0.2, 0.25) is 0 Å². The second-order valence-electron chi connectivity index (χ2n) is 8.45. The molecule has 2 aliphatic heterocycles. The van der Waals surface area contributed by atoms with Gasteiger partial charge in [0.15, 0.2) is 6.29 Å². The number of carbonyl (C=O) groups excluding carboxylic acids is 1. The van der Waals surface area contributed by atoms with Gasteiger partial charge < -0.3 is 19.1 Å². The zero-order valence-electron chi connectivity index (χ0n) is 15.4. The van der Waals surface area contributed by atoms with E-state index in [-0.39, 0.29) is 18.4 Å². The van der Waals surface area contributed by atoms with E-state index in [1.807, 2.05) is 25.7 Å². The first-order valence-electron chi connectivity index (χ1n) is 9.23. The van der Waals surface area contributed by atoms with Crippen molar-refractivity contribution in [2.24, 2.45) is 17.8 Å². The van der Waals surface area contributed by atoms with Gasteiger partial charge in [0.1, 0.15) is 5.60 Å². The molecule has 0 spiro atoms. The van der Waals surface area contributed by atoms with Gasteiger partial charge in [-0.15, -0.1) is 0 Å². The summed E-state index contributed by atoms with van der Waals surface area (Å²) in [4.78, 5) is 14.6. The summed E-state index contributed by atoms with van der Waals surface area (Å²) in [5, 5.41) is 0. The Labute approximate surface area is 145 Å². The van der Waals surface area contributed by atoms with Crippen molar-refractivity contribution in [3.8, 4) is 0 Å². The zero-order valence-corrected chi connectivity index (χ0v) is 15.4. The molecule has 1 saturated heterocycles. The smallest absolute Gasteiger partial charge is 0.410 e. The lowest BCUT2D eigenvalue weighted by molar-refractivity contribution is -0.0725. The lowest BCUT2D eigenvalue weighted by Gasteiger charge is -2.47. The highest BCUT2D eigenvalue weighted by atomic mass is 16.7. The highest BCUT2D eigenvalue weighted by molar-refractivity contribution is 5.69. The fraction of sp³-hybridized carbons (Fsp3) is 0.842. The van der Waals surface area contributed by atoms with Gasteiger partial charge in [-0.1, -0.05) is 19.1 Å². The molecule has 0 radical (unpaired) electrons. The first kappa shape index (κ1) is 17.7. The van der Waals surface area contributed by atoms with Gasteiger partial charge in [-0.25, -0.2) is 4.79 Å². The van der Waals surface area contributed by atoms with Crippen LogP contribution in [0.25, 0.3) is 0 Å². The summed E-state index contributed by atoms with van der Waals surface area (Å²) in [6.07, 6.45) is 7.27. The van der Waals surface area contributed by atoms with Crippen molar-refractivity contribution in [3.05, 3.63) is 12.2 Å². The minimum Gasteiger partial charge on any atom is -0.444 e. The predicted molar refractivity (Wildman–Crippen MR) is 91.6 cm³/mol. The molecule has 1 aliphatic carbocycles. The third kappa shape index (κ3) is 4.12. The number of hydrogen-bond donors (Lipinski definition) is 0. The fourth-order valence-corrected chi connectivity index (χ4v) is 4.32. The van der Waals surface area contributed by atoms with Crippen LogP contribution in [-0.4, -0.2) is 48.7 Å². The quantitative estimate of drug-likeness (QED) is 0.723. The molecule has 5 nitrogen and oxygen atoms in total. The standard InChI is InChI=1S/C19H31NO4/c1-13-10-14(12-17-22-8-9-23-17)15-6-5-7-20(16(15)11-13)18(21)24-19(2,3)4/h5-6,13-17H,7-12H2,1-4H3/t13-,14+,15-,16+/m0/s1. The topological polar surface area (TPSA) is 48.0 Å². The molecule has 0 aromatic rings. The maximum atomic E-state index is 12.6. The maximum absolute atomic E-state index is 12.6. The molecule has 1 saturated carbocycles. The molecule has 5 heteroatoms. The Kier molecular flexibility index (Phi) is 5.21. The SMILES string of the molecule is C[C@H]1C[C@H](CC2OCCO2)[C@@H]2C=CCN(C(=O)OC(C)(C)C)[C@@H]2C1. The summed E-state index contributed by atoms with van der Waals surface area (Å²) in [6, 6.07) is 0.222. The number of ether oxygens (including phenoxy) is 3. The van der Waals surface area contributed by atoms with E-state index in [2.05, 4.69) is 19.1 Å². The third-order valence-electron chi connectivity index (χ3n) is 5.21. The Bertz CT molecular complexity index is 478. The molecule has 24 heavy (non-hydrogen) atoms. The molecule has 0 bridgehead atoms. The molecular weight excluding hydrogens is 306 g/mol. The average Bonchev–Trinajstić information content (AvgIpc) is 2.97. The minimum atomic E-state index is -0.459. The first-order valence-corrected chi connectivity index (χ1v) is 9.23. The zero-order chi connectivity index (χ0) is 17.3. The number of amides is 1. The summed E-state index contributed by atoms with van der Waals surface area (Å²) in [5.41, 5.74) is -0.459. The summed E-state index contributed by atoms with van der Waals surface area (Å²) >= 11 is 0. The summed E-state index contributed by atoms with van der Waals surface area (Å²) < 4.78 is 17.0. The van der Waals surface area contributed by atoms with Crippen LogP contribution < -0.4 is 0 Å². The van der Waals surface area contributed by atoms with Crippen LogP contribution in [0.5, 0.6) is 0 Å². The van der Waals surface area contributed by atoms with E-state index in [9.17, 15) is 4.79 Å². The number of rotatable bonds is 2. The van der Waals surface area contributed by atoms with E-state index < -0.39 is 5.60 Å². The Balaban J connectivity index is 1.72. The van der Waals surface area contributed by atoms with E-state index in [0.717, 1.165) is 19.3 Å². The highest BCUT2D eigenvalue weighted by Crippen LogP contribution is 2.42. The van der Waals surface area contributed by atoms with Gasteiger partial charge >= 0.3 is 6.09 Å². The molecule has 3 aliphatic rings. The second-order valence-corrected chi connectivity index (χ2v) is 8.45. The lowest BCUT2D eigenvalue weighted by Crippen LogP contribution is -2.53. The van der Waals surface area contributed by atoms with Crippen molar-refractivity contribution in [2.45, 2.75) is 64.9 Å². The van der Waals surface area contributed by atoms with Crippen LogP contribution in [0.4, 0.5) is 4.79 Å². The van der Waals surface area contributed by atoms with Gasteiger partial charge in [0, 0.05) is 24.9 Å². The summed E-state index contributed by atoms with van der Waals surface area (Å²) in [6.45, 7) is 10.1. The summed E-state index contributed by atoms with van der Waals surface area (Å²) in [5.74, 6) is 1.45. The Morgan fingerprint density at radius 1 is 1.25 bits per heavy atom. The van der Waals surface area contributed by atoms with Gasteiger partial charge in [-0.3, -0.25) is 0 Å². The Morgan fingerprint density at radius 2 is 1.96 bits per heavy atom. The molecule has 2 heterocycles. The van der Waals surface area contributed by atoms with Crippen LogP contribution in [-0.2, 0) is 14.2 Å².